The summed E-state index contributed by atoms with van der Waals surface area (Å²) in [6.45, 7) is 3.52. The lowest BCUT2D eigenvalue weighted by atomic mass is 10.1. The Bertz CT molecular complexity index is 1530. The van der Waals surface area contributed by atoms with Crippen LogP contribution in [0.25, 0.3) is 11.4 Å². The summed E-state index contributed by atoms with van der Waals surface area (Å²) in [6, 6.07) is 19.0. The topological polar surface area (TPSA) is 98.7 Å². The standard InChI is InChI=1S/C26H28N8OS/c1-18-21(25(35)34(31(18)2)20-14-8-4-9-15-20)29-30-22-23(27)33(19-12-6-3-7-13-19)26(36)28-24(22)32-16-10-5-11-17-32/h3-4,6-9,12-15H,5,10-11,16-17,27H2,1-2H3. The number of benzene rings is 2. The Kier molecular flexibility index (Phi) is 6.51. The molecule has 0 unspecified atom stereocenters. The molecule has 1 fully saturated rings. The van der Waals surface area contributed by atoms with Gasteiger partial charge < -0.3 is 10.6 Å². The molecule has 9 nitrogen and oxygen atoms in total. The Balaban J connectivity index is 1.67. The van der Waals surface area contributed by atoms with Gasteiger partial charge in [0.25, 0.3) is 5.56 Å². The van der Waals surface area contributed by atoms with Crippen molar-refractivity contribution in [1.82, 2.24) is 18.9 Å². The number of rotatable bonds is 5. The van der Waals surface area contributed by atoms with Crippen molar-refractivity contribution in [2.24, 2.45) is 17.3 Å². The molecular formula is C26H28N8OS. The van der Waals surface area contributed by atoms with Gasteiger partial charge in [-0.3, -0.25) is 14.0 Å². The van der Waals surface area contributed by atoms with Crippen molar-refractivity contribution >= 4 is 35.2 Å². The van der Waals surface area contributed by atoms with Crippen LogP contribution >= 0.6 is 12.2 Å². The SMILES string of the molecule is Cc1c(N=Nc2c(N3CCCCC3)nc(=S)n(-c3ccccc3)c2N)c(=O)n(-c2ccccc2)n1C. The quantitative estimate of drug-likeness (QED) is 0.293. The van der Waals surface area contributed by atoms with E-state index in [1.807, 2.05) is 74.6 Å². The van der Waals surface area contributed by atoms with Crippen LogP contribution in [-0.4, -0.2) is 32.0 Å². The Morgan fingerprint density at radius 1 is 0.889 bits per heavy atom. The Labute approximate surface area is 214 Å². The summed E-state index contributed by atoms with van der Waals surface area (Å²) < 4.78 is 5.39. The zero-order valence-corrected chi connectivity index (χ0v) is 21.1. The summed E-state index contributed by atoms with van der Waals surface area (Å²) in [5.41, 5.74) is 9.30. The van der Waals surface area contributed by atoms with Gasteiger partial charge in [0, 0.05) is 25.8 Å². The zero-order valence-electron chi connectivity index (χ0n) is 20.3. The van der Waals surface area contributed by atoms with E-state index in [1.165, 1.54) is 6.42 Å². The van der Waals surface area contributed by atoms with E-state index in [4.69, 9.17) is 22.9 Å². The molecule has 0 aliphatic carbocycles. The van der Waals surface area contributed by atoms with Crippen LogP contribution < -0.4 is 16.2 Å². The van der Waals surface area contributed by atoms with Crippen molar-refractivity contribution < 1.29 is 0 Å². The third kappa shape index (κ3) is 4.24. The minimum atomic E-state index is -0.258. The number of nitrogens with two attached hydrogens (primary N) is 1. The van der Waals surface area contributed by atoms with Gasteiger partial charge in [-0.05, 0) is 62.7 Å². The fourth-order valence-electron chi connectivity index (χ4n) is 4.54. The van der Waals surface area contributed by atoms with E-state index in [2.05, 4.69) is 15.1 Å². The van der Waals surface area contributed by atoms with Crippen LogP contribution in [0.15, 0.2) is 75.7 Å². The van der Waals surface area contributed by atoms with Crippen molar-refractivity contribution in [1.29, 1.82) is 0 Å². The highest BCUT2D eigenvalue weighted by Crippen LogP contribution is 2.37. The molecule has 0 bridgehead atoms. The molecule has 4 aromatic rings. The van der Waals surface area contributed by atoms with Crippen molar-refractivity contribution in [3.63, 3.8) is 0 Å². The lowest BCUT2D eigenvalue weighted by molar-refractivity contribution is 0.572. The third-order valence-electron chi connectivity index (χ3n) is 6.53. The van der Waals surface area contributed by atoms with Crippen molar-refractivity contribution in [2.75, 3.05) is 23.7 Å². The first-order valence-electron chi connectivity index (χ1n) is 12.0. The van der Waals surface area contributed by atoms with E-state index in [1.54, 1.807) is 13.9 Å². The fourth-order valence-corrected chi connectivity index (χ4v) is 4.83. The minimum absolute atomic E-state index is 0.249. The number of piperidine rings is 1. The van der Waals surface area contributed by atoms with E-state index in [0.717, 1.165) is 37.3 Å². The molecule has 0 saturated carbocycles. The molecule has 0 spiro atoms. The highest BCUT2D eigenvalue weighted by Gasteiger charge is 2.22. The predicted octanol–water partition coefficient (Wildman–Crippen LogP) is 5.39. The molecule has 0 atom stereocenters. The highest BCUT2D eigenvalue weighted by molar-refractivity contribution is 7.71. The average molecular weight is 501 g/mol. The molecule has 2 N–H and O–H groups in total. The zero-order chi connectivity index (χ0) is 25.2. The van der Waals surface area contributed by atoms with Gasteiger partial charge in [0.2, 0.25) is 4.77 Å². The number of azo groups is 1. The molecule has 2 aromatic heterocycles. The fraction of sp³-hybridized carbons (Fsp3) is 0.269. The molecule has 3 heterocycles. The molecule has 5 rings (SSSR count). The van der Waals surface area contributed by atoms with Gasteiger partial charge in [-0.15, -0.1) is 10.2 Å². The summed E-state index contributed by atoms with van der Waals surface area (Å²) in [5.74, 6) is 0.938. The van der Waals surface area contributed by atoms with Crippen LogP contribution in [0.3, 0.4) is 0 Å². The molecule has 0 radical (unpaired) electrons. The largest absolute Gasteiger partial charge is 0.383 e. The number of hydrogen-bond acceptors (Lipinski definition) is 7. The first kappa shape index (κ1) is 23.7. The Hall–Kier alpha value is -4.05. The maximum Gasteiger partial charge on any atom is 0.299 e. The number of anilines is 2. The van der Waals surface area contributed by atoms with Gasteiger partial charge in [-0.25, -0.2) is 4.68 Å². The summed E-state index contributed by atoms with van der Waals surface area (Å²) >= 11 is 5.65. The first-order chi connectivity index (χ1) is 17.5. The Morgan fingerprint density at radius 3 is 2.11 bits per heavy atom. The van der Waals surface area contributed by atoms with Crippen LogP contribution in [0, 0.1) is 11.7 Å². The maximum atomic E-state index is 13.4. The van der Waals surface area contributed by atoms with Crippen LogP contribution in [0.4, 0.5) is 23.0 Å². The Morgan fingerprint density at radius 2 is 1.47 bits per heavy atom. The van der Waals surface area contributed by atoms with Crippen molar-refractivity contribution in [3.05, 3.63) is 81.5 Å². The molecule has 1 aliphatic rings. The number of nitrogen functional groups attached to an aromatic ring is 1. The van der Waals surface area contributed by atoms with Gasteiger partial charge in [-0.1, -0.05) is 36.4 Å². The van der Waals surface area contributed by atoms with Gasteiger partial charge in [0.1, 0.15) is 5.82 Å². The van der Waals surface area contributed by atoms with E-state index in [-0.39, 0.29) is 11.2 Å². The summed E-state index contributed by atoms with van der Waals surface area (Å²) in [5, 5.41) is 8.99. The van der Waals surface area contributed by atoms with E-state index in [0.29, 0.717) is 27.8 Å². The third-order valence-corrected chi connectivity index (χ3v) is 6.81. The second kappa shape index (κ2) is 9.90. The van der Waals surface area contributed by atoms with E-state index in [9.17, 15) is 4.79 Å². The molecule has 184 valence electrons. The predicted molar refractivity (Wildman–Crippen MR) is 145 cm³/mol. The molecule has 2 aromatic carbocycles. The molecule has 1 aliphatic heterocycles. The van der Waals surface area contributed by atoms with Gasteiger partial charge in [-0.2, -0.15) is 4.98 Å². The van der Waals surface area contributed by atoms with Gasteiger partial charge in [0.05, 0.1) is 11.4 Å². The molecule has 0 amide bonds. The number of hydrogen-bond donors (Lipinski definition) is 1. The average Bonchev–Trinajstić information content (AvgIpc) is 3.12. The maximum absolute atomic E-state index is 13.4. The second-order valence-electron chi connectivity index (χ2n) is 8.78. The number of para-hydroxylation sites is 2. The molecule has 36 heavy (non-hydrogen) atoms. The highest BCUT2D eigenvalue weighted by atomic mass is 32.1. The van der Waals surface area contributed by atoms with Gasteiger partial charge in [0.15, 0.2) is 17.2 Å². The normalized spacial score (nSPS) is 14.0. The molecular weight excluding hydrogens is 472 g/mol. The van der Waals surface area contributed by atoms with Gasteiger partial charge >= 0.3 is 0 Å². The lowest BCUT2D eigenvalue weighted by Gasteiger charge is -2.29. The summed E-state index contributed by atoms with van der Waals surface area (Å²) in [4.78, 5) is 20.3. The minimum Gasteiger partial charge on any atom is -0.383 e. The van der Waals surface area contributed by atoms with Crippen LogP contribution in [0.1, 0.15) is 25.0 Å². The smallest absolute Gasteiger partial charge is 0.299 e. The van der Waals surface area contributed by atoms with E-state index < -0.39 is 0 Å². The second-order valence-corrected chi connectivity index (χ2v) is 9.15. The van der Waals surface area contributed by atoms with Crippen LogP contribution in [0.2, 0.25) is 0 Å². The molecule has 10 heteroatoms. The molecule has 1 saturated heterocycles. The summed E-state index contributed by atoms with van der Waals surface area (Å²) in [6.07, 6.45) is 3.28. The van der Waals surface area contributed by atoms with Crippen LogP contribution in [-0.2, 0) is 7.05 Å². The van der Waals surface area contributed by atoms with E-state index >= 15 is 0 Å². The summed E-state index contributed by atoms with van der Waals surface area (Å²) in [7, 11) is 1.83. The number of aromatic nitrogens is 4. The monoisotopic (exact) mass is 500 g/mol. The first-order valence-corrected chi connectivity index (χ1v) is 12.4. The van der Waals surface area contributed by atoms with Crippen LogP contribution in [0.5, 0.6) is 0 Å². The lowest BCUT2D eigenvalue weighted by Crippen LogP contribution is -2.31. The van der Waals surface area contributed by atoms with Crippen molar-refractivity contribution in [2.45, 2.75) is 26.2 Å². The van der Waals surface area contributed by atoms with Crippen molar-refractivity contribution in [3.8, 4) is 11.4 Å². The number of nitrogens with zero attached hydrogens (tertiary/aromatic N) is 7.